The number of non-ortho nitro benzene ring substituents is 1. The molecule has 1 atom stereocenters. The summed E-state index contributed by atoms with van der Waals surface area (Å²) in [5.41, 5.74) is 0.823. The molecule has 0 saturated carbocycles. The van der Waals surface area contributed by atoms with Crippen molar-refractivity contribution in [3.8, 4) is 0 Å². The number of anilines is 1. The van der Waals surface area contributed by atoms with Gasteiger partial charge in [0.05, 0.1) is 25.8 Å². The summed E-state index contributed by atoms with van der Waals surface area (Å²) in [7, 11) is 0. The van der Waals surface area contributed by atoms with Crippen LogP contribution >= 0.6 is 34.7 Å². The number of hydrogen-bond donors (Lipinski definition) is 1. The average Bonchev–Trinajstić information content (AvgIpc) is 3.15. The third-order valence-electron chi connectivity index (χ3n) is 4.12. The highest BCUT2D eigenvalue weighted by Crippen LogP contribution is 2.30. The first kappa shape index (κ1) is 23.0. The van der Waals surface area contributed by atoms with Gasteiger partial charge in [0.2, 0.25) is 0 Å². The number of thioether (sulfide) groups is 1. The Morgan fingerprint density at radius 2 is 2.10 bits per heavy atom. The molecule has 2 aromatic carbocycles. The standard InChI is InChI=1S/C20H18ClN3O5S2/c1-12(19(26)22-16-11-13(24(27)28)8-9-14(16)21)29-18(25)7-4-10-30-20-23-15-5-2-3-6-17(15)31-20/h2-3,5-6,8-9,11-12H,4,7,10H2,1H3,(H,22,26)/t12-/m0/s1. The lowest BCUT2D eigenvalue weighted by Crippen LogP contribution is -2.30. The molecule has 3 rings (SSSR count). The summed E-state index contributed by atoms with van der Waals surface area (Å²) in [6.45, 7) is 1.42. The van der Waals surface area contributed by atoms with E-state index in [1.54, 1.807) is 23.1 Å². The SMILES string of the molecule is C[C@H](OC(=O)CCCSc1nc2ccccc2s1)C(=O)Nc1cc([N+](=O)[O-])ccc1Cl. The van der Waals surface area contributed by atoms with E-state index in [4.69, 9.17) is 16.3 Å². The topological polar surface area (TPSA) is 111 Å². The van der Waals surface area contributed by atoms with Gasteiger partial charge in [-0.1, -0.05) is 35.5 Å². The molecule has 0 fully saturated rings. The molecule has 1 amide bonds. The van der Waals surface area contributed by atoms with Gasteiger partial charge in [-0.15, -0.1) is 11.3 Å². The number of nitrogens with zero attached hydrogens (tertiary/aromatic N) is 2. The summed E-state index contributed by atoms with van der Waals surface area (Å²) in [4.78, 5) is 39.1. The molecule has 0 bridgehead atoms. The van der Waals surface area contributed by atoms with Gasteiger partial charge in [0.1, 0.15) is 0 Å². The van der Waals surface area contributed by atoms with Crippen molar-refractivity contribution in [2.75, 3.05) is 11.1 Å². The average molecular weight is 480 g/mol. The van der Waals surface area contributed by atoms with E-state index in [1.807, 2.05) is 24.3 Å². The van der Waals surface area contributed by atoms with Crippen LogP contribution in [0.15, 0.2) is 46.8 Å². The van der Waals surface area contributed by atoms with E-state index in [0.717, 1.165) is 20.6 Å². The zero-order valence-corrected chi connectivity index (χ0v) is 18.8. The maximum Gasteiger partial charge on any atom is 0.306 e. The molecule has 0 radical (unpaired) electrons. The first-order chi connectivity index (χ1) is 14.8. The van der Waals surface area contributed by atoms with Crippen LogP contribution in [0, 0.1) is 10.1 Å². The molecule has 31 heavy (non-hydrogen) atoms. The van der Waals surface area contributed by atoms with Crippen molar-refractivity contribution < 1.29 is 19.2 Å². The van der Waals surface area contributed by atoms with Gasteiger partial charge in [-0.05, 0) is 31.5 Å². The largest absolute Gasteiger partial charge is 0.453 e. The maximum absolute atomic E-state index is 12.3. The quantitative estimate of drug-likeness (QED) is 0.146. The van der Waals surface area contributed by atoms with Crippen LogP contribution in [0.25, 0.3) is 10.2 Å². The number of halogens is 1. The second-order valence-electron chi connectivity index (χ2n) is 6.44. The van der Waals surface area contributed by atoms with Crippen molar-refractivity contribution in [3.05, 3.63) is 57.6 Å². The monoisotopic (exact) mass is 479 g/mol. The van der Waals surface area contributed by atoms with Crippen molar-refractivity contribution in [2.45, 2.75) is 30.2 Å². The van der Waals surface area contributed by atoms with Gasteiger partial charge in [-0.2, -0.15) is 0 Å². The van der Waals surface area contributed by atoms with Crippen LogP contribution in [-0.2, 0) is 14.3 Å². The molecular formula is C20H18ClN3O5S2. The second-order valence-corrected chi connectivity index (χ2v) is 9.22. The number of hydrogen-bond acceptors (Lipinski definition) is 8. The third kappa shape index (κ3) is 6.39. The van der Waals surface area contributed by atoms with E-state index in [1.165, 1.54) is 19.1 Å². The summed E-state index contributed by atoms with van der Waals surface area (Å²) in [6, 6.07) is 11.6. The number of carbonyl (C=O) groups is 2. The number of para-hydroxylation sites is 1. The van der Waals surface area contributed by atoms with E-state index in [9.17, 15) is 19.7 Å². The molecule has 0 saturated heterocycles. The van der Waals surface area contributed by atoms with Crippen LogP contribution in [0.1, 0.15) is 19.8 Å². The lowest BCUT2D eigenvalue weighted by molar-refractivity contribution is -0.384. The summed E-state index contributed by atoms with van der Waals surface area (Å²) >= 11 is 9.14. The summed E-state index contributed by atoms with van der Waals surface area (Å²) in [5.74, 6) is -0.434. The fourth-order valence-electron chi connectivity index (χ4n) is 2.56. The normalized spacial score (nSPS) is 11.8. The lowest BCUT2D eigenvalue weighted by atomic mass is 10.2. The molecule has 0 spiro atoms. The number of amides is 1. The summed E-state index contributed by atoms with van der Waals surface area (Å²) in [5, 5.41) is 13.5. The molecule has 0 aliphatic heterocycles. The van der Waals surface area contributed by atoms with Gasteiger partial charge in [0.15, 0.2) is 10.4 Å². The number of esters is 1. The van der Waals surface area contributed by atoms with Gasteiger partial charge in [0, 0.05) is 24.3 Å². The van der Waals surface area contributed by atoms with Gasteiger partial charge >= 0.3 is 5.97 Å². The molecule has 11 heteroatoms. The van der Waals surface area contributed by atoms with Crippen molar-refractivity contribution in [2.24, 2.45) is 0 Å². The van der Waals surface area contributed by atoms with Crippen molar-refractivity contribution in [1.82, 2.24) is 4.98 Å². The predicted octanol–water partition coefficient (Wildman–Crippen LogP) is 5.30. The van der Waals surface area contributed by atoms with E-state index in [0.29, 0.717) is 12.2 Å². The highest BCUT2D eigenvalue weighted by Gasteiger charge is 2.20. The van der Waals surface area contributed by atoms with Crippen LogP contribution in [0.5, 0.6) is 0 Å². The summed E-state index contributed by atoms with van der Waals surface area (Å²) < 4.78 is 7.21. The second kappa shape index (κ2) is 10.6. The fourth-order valence-corrected chi connectivity index (χ4v) is 4.80. The zero-order chi connectivity index (χ0) is 22.4. The molecule has 0 aliphatic carbocycles. The maximum atomic E-state index is 12.3. The molecule has 1 aromatic heterocycles. The van der Waals surface area contributed by atoms with E-state index < -0.39 is 22.9 Å². The fraction of sp³-hybridized carbons (Fsp3) is 0.250. The number of nitro groups is 1. The van der Waals surface area contributed by atoms with E-state index in [2.05, 4.69) is 10.3 Å². The first-order valence-corrected chi connectivity index (χ1v) is 11.4. The number of rotatable bonds is 9. The minimum atomic E-state index is -1.07. The lowest BCUT2D eigenvalue weighted by Gasteiger charge is -2.14. The Balaban J connectivity index is 1.43. The molecule has 1 N–H and O–H groups in total. The third-order valence-corrected chi connectivity index (χ3v) is 6.72. The van der Waals surface area contributed by atoms with Crippen LogP contribution in [0.3, 0.4) is 0 Å². The molecule has 162 valence electrons. The number of ether oxygens (including phenoxy) is 1. The number of nitro benzene ring substituents is 1. The van der Waals surface area contributed by atoms with Gasteiger partial charge in [-0.25, -0.2) is 4.98 Å². The molecule has 0 aliphatic rings. The van der Waals surface area contributed by atoms with Crippen molar-refractivity contribution >= 4 is 68.2 Å². The van der Waals surface area contributed by atoms with Crippen LogP contribution in [0.2, 0.25) is 5.02 Å². The van der Waals surface area contributed by atoms with Crippen molar-refractivity contribution in [1.29, 1.82) is 0 Å². The number of carbonyl (C=O) groups excluding carboxylic acids is 2. The summed E-state index contributed by atoms with van der Waals surface area (Å²) in [6.07, 6.45) is -0.336. The Bertz CT molecular complexity index is 1090. The molecule has 8 nitrogen and oxygen atoms in total. The Morgan fingerprint density at radius 3 is 2.84 bits per heavy atom. The Kier molecular flexibility index (Phi) is 7.83. The van der Waals surface area contributed by atoms with Crippen LogP contribution < -0.4 is 5.32 Å². The number of aromatic nitrogens is 1. The Hall–Kier alpha value is -2.69. The van der Waals surface area contributed by atoms with Gasteiger partial charge in [-0.3, -0.25) is 19.7 Å². The van der Waals surface area contributed by atoms with E-state index in [-0.39, 0.29) is 22.8 Å². The molecular weight excluding hydrogens is 462 g/mol. The Labute approximate surface area is 191 Å². The highest BCUT2D eigenvalue weighted by molar-refractivity contribution is 8.01. The number of fused-ring (bicyclic) bond motifs is 1. The van der Waals surface area contributed by atoms with Gasteiger partial charge < -0.3 is 10.1 Å². The zero-order valence-electron chi connectivity index (χ0n) is 16.4. The van der Waals surface area contributed by atoms with Gasteiger partial charge in [0.25, 0.3) is 11.6 Å². The number of benzene rings is 2. The molecule has 1 heterocycles. The highest BCUT2D eigenvalue weighted by atomic mass is 35.5. The number of nitrogens with one attached hydrogen (secondary N) is 1. The molecule has 0 unspecified atom stereocenters. The van der Waals surface area contributed by atoms with Crippen LogP contribution in [0.4, 0.5) is 11.4 Å². The Morgan fingerprint density at radius 1 is 1.32 bits per heavy atom. The predicted molar refractivity (Wildman–Crippen MR) is 122 cm³/mol. The van der Waals surface area contributed by atoms with E-state index >= 15 is 0 Å². The van der Waals surface area contributed by atoms with Crippen LogP contribution in [-0.4, -0.2) is 33.6 Å². The first-order valence-electron chi connectivity index (χ1n) is 9.26. The van der Waals surface area contributed by atoms with Crippen molar-refractivity contribution in [3.63, 3.8) is 0 Å². The molecule has 3 aromatic rings. The smallest absolute Gasteiger partial charge is 0.306 e. The minimum Gasteiger partial charge on any atom is -0.453 e. The number of thiazole rings is 1. The minimum absolute atomic E-state index is 0.0796.